The zero-order chi connectivity index (χ0) is 15.2. The highest BCUT2D eigenvalue weighted by atomic mass is 32.1. The molecule has 1 unspecified atom stereocenters. The van der Waals surface area contributed by atoms with Crippen LogP contribution in [0.25, 0.3) is 0 Å². The van der Waals surface area contributed by atoms with Crippen LogP contribution in [0.4, 0.5) is 5.69 Å². The highest BCUT2D eigenvalue weighted by molar-refractivity contribution is 7.10. The molecule has 2 aromatic rings. The fraction of sp³-hybridized carbons (Fsp3) is 0.353. The molecule has 21 heavy (non-hydrogen) atoms. The zero-order valence-electron chi connectivity index (χ0n) is 12.8. The van der Waals surface area contributed by atoms with Crippen LogP contribution < -0.4 is 4.90 Å². The number of likely N-dealkylation sites (N-methyl/N-ethyl adjacent to an activating group) is 2. The fourth-order valence-electron chi connectivity index (χ4n) is 2.29. The summed E-state index contributed by atoms with van der Waals surface area (Å²) < 4.78 is 0. The molecule has 112 valence electrons. The second-order valence-corrected chi connectivity index (χ2v) is 6.06. The normalized spacial score (nSPS) is 12.4. The molecule has 1 aromatic carbocycles. The predicted octanol–water partition coefficient (Wildman–Crippen LogP) is 3.79. The van der Waals surface area contributed by atoms with E-state index >= 15 is 0 Å². The van der Waals surface area contributed by atoms with Crippen LogP contribution in [0.5, 0.6) is 0 Å². The first kappa shape index (κ1) is 15.7. The summed E-state index contributed by atoms with van der Waals surface area (Å²) in [7, 11) is 2.00. The van der Waals surface area contributed by atoms with Crippen molar-refractivity contribution in [2.24, 2.45) is 0 Å². The lowest BCUT2D eigenvalue weighted by Crippen LogP contribution is -2.39. The van der Waals surface area contributed by atoms with Gasteiger partial charge in [-0.2, -0.15) is 0 Å². The van der Waals surface area contributed by atoms with Crippen LogP contribution in [0.1, 0.15) is 24.8 Å². The Hall–Kier alpha value is -1.65. The summed E-state index contributed by atoms with van der Waals surface area (Å²) in [5, 5.41) is 2.07. The number of thiophene rings is 1. The summed E-state index contributed by atoms with van der Waals surface area (Å²) in [6.07, 6.45) is 0. The predicted molar refractivity (Wildman–Crippen MR) is 89.8 cm³/mol. The van der Waals surface area contributed by atoms with E-state index in [0.29, 0.717) is 13.1 Å². The van der Waals surface area contributed by atoms with E-state index in [1.807, 2.05) is 49.2 Å². The summed E-state index contributed by atoms with van der Waals surface area (Å²) in [6, 6.07) is 14.3. The zero-order valence-corrected chi connectivity index (χ0v) is 13.6. The van der Waals surface area contributed by atoms with E-state index in [1.54, 1.807) is 11.3 Å². The van der Waals surface area contributed by atoms with Crippen LogP contribution in [-0.2, 0) is 4.79 Å². The molecule has 0 N–H and O–H groups in total. The molecule has 0 saturated carbocycles. The van der Waals surface area contributed by atoms with Crippen molar-refractivity contribution in [2.75, 3.05) is 25.0 Å². The van der Waals surface area contributed by atoms with Crippen LogP contribution in [-0.4, -0.2) is 30.9 Å². The molecule has 0 aliphatic carbocycles. The van der Waals surface area contributed by atoms with Gasteiger partial charge in [-0.15, -0.1) is 11.3 Å². The quantitative estimate of drug-likeness (QED) is 0.810. The van der Waals surface area contributed by atoms with Gasteiger partial charge in [0.25, 0.3) is 0 Å². The maximum absolute atomic E-state index is 12.5. The third-order valence-corrected chi connectivity index (χ3v) is 4.73. The molecule has 3 nitrogen and oxygen atoms in total. The van der Waals surface area contributed by atoms with Crippen molar-refractivity contribution in [1.82, 2.24) is 4.90 Å². The molecule has 4 heteroatoms. The van der Waals surface area contributed by atoms with E-state index in [2.05, 4.69) is 29.3 Å². The average molecular weight is 302 g/mol. The minimum absolute atomic E-state index is 0.134. The Morgan fingerprint density at radius 3 is 2.48 bits per heavy atom. The maximum atomic E-state index is 12.5. The molecular weight excluding hydrogens is 280 g/mol. The van der Waals surface area contributed by atoms with E-state index in [-0.39, 0.29) is 11.9 Å². The van der Waals surface area contributed by atoms with Gasteiger partial charge in [0.05, 0.1) is 6.54 Å². The highest BCUT2D eigenvalue weighted by Crippen LogP contribution is 2.23. The number of hydrogen-bond donors (Lipinski definition) is 0. The van der Waals surface area contributed by atoms with Gasteiger partial charge in [-0.25, -0.2) is 0 Å². The lowest BCUT2D eigenvalue weighted by Gasteiger charge is -2.27. The van der Waals surface area contributed by atoms with Gasteiger partial charge in [0.1, 0.15) is 0 Å². The first-order valence-corrected chi connectivity index (χ1v) is 8.10. The molecule has 1 amide bonds. The van der Waals surface area contributed by atoms with Crippen molar-refractivity contribution in [3.05, 3.63) is 52.7 Å². The standard InChI is InChI=1S/C17H22N2OS/c1-4-19(15-9-6-5-7-10-15)17(20)13-18(3)14(2)16-11-8-12-21-16/h5-12,14H,4,13H2,1-3H3. The SMILES string of the molecule is CCN(C(=O)CN(C)C(C)c1cccs1)c1ccccc1. The Bertz CT molecular complexity index is 553. The van der Waals surface area contributed by atoms with Gasteiger partial charge in [-0.05, 0) is 44.5 Å². The molecule has 0 aliphatic heterocycles. The van der Waals surface area contributed by atoms with Crippen molar-refractivity contribution in [2.45, 2.75) is 19.9 Å². The first-order valence-electron chi connectivity index (χ1n) is 7.22. The van der Waals surface area contributed by atoms with Gasteiger partial charge in [0.2, 0.25) is 5.91 Å². The molecule has 0 fully saturated rings. The first-order chi connectivity index (χ1) is 10.1. The molecule has 1 atom stereocenters. The molecule has 1 heterocycles. The van der Waals surface area contributed by atoms with Crippen LogP contribution in [0.2, 0.25) is 0 Å². The number of rotatable bonds is 6. The number of benzene rings is 1. The smallest absolute Gasteiger partial charge is 0.241 e. The number of carbonyl (C=O) groups is 1. The maximum Gasteiger partial charge on any atom is 0.241 e. The van der Waals surface area contributed by atoms with Crippen LogP contribution >= 0.6 is 11.3 Å². The lowest BCUT2D eigenvalue weighted by atomic mass is 10.2. The summed E-state index contributed by atoms with van der Waals surface area (Å²) >= 11 is 1.73. The molecule has 2 rings (SSSR count). The lowest BCUT2D eigenvalue weighted by molar-refractivity contribution is -0.119. The Morgan fingerprint density at radius 1 is 1.19 bits per heavy atom. The van der Waals surface area contributed by atoms with Crippen molar-refractivity contribution in [3.63, 3.8) is 0 Å². The molecule has 0 spiro atoms. The third-order valence-electron chi connectivity index (χ3n) is 3.69. The van der Waals surface area contributed by atoms with E-state index in [9.17, 15) is 4.79 Å². The van der Waals surface area contributed by atoms with Gasteiger partial charge >= 0.3 is 0 Å². The Labute approximate surface area is 130 Å². The van der Waals surface area contributed by atoms with Crippen molar-refractivity contribution in [1.29, 1.82) is 0 Å². The van der Waals surface area contributed by atoms with E-state index < -0.39 is 0 Å². The van der Waals surface area contributed by atoms with Crippen molar-refractivity contribution < 1.29 is 4.79 Å². The van der Waals surface area contributed by atoms with Gasteiger partial charge in [-0.3, -0.25) is 9.69 Å². The second kappa shape index (κ2) is 7.38. The molecule has 0 bridgehead atoms. The number of carbonyl (C=O) groups excluding carboxylic acids is 1. The summed E-state index contributed by atoms with van der Waals surface area (Å²) in [4.78, 5) is 17.8. The Balaban J connectivity index is 2.02. The molecule has 0 aliphatic rings. The number of amides is 1. The van der Waals surface area contributed by atoms with Crippen molar-refractivity contribution >= 4 is 22.9 Å². The van der Waals surface area contributed by atoms with Gasteiger partial charge in [0, 0.05) is 23.2 Å². The largest absolute Gasteiger partial charge is 0.312 e. The van der Waals surface area contributed by atoms with Crippen molar-refractivity contribution in [3.8, 4) is 0 Å². The number of nitrogens with zero attached hydrogens (tertiary/aromatic N) is 2. The molecule has 1 aromatic heterocycles. The minimum Gasteiger partial charge on any atom is -0.312 e. The number of para-hydroxylation sites is 1. The molecule has 0 saturated heterocycles. The summed E-state index contributed by atoms with van der Waals surface area (Å²) in [5.41, 5.74) is 0.960. The monoisotopic (exact) mass is 302 g/mol. The molecule has 0 radical (unpaired) electrons. The minimum atomic E-state index is 0.134. The summed E-state index contributed by atoms with van der Waals surface area (Å²) in [6.45, 7) is 5.25. The van der Waals surface area contributed by atoms with E-state index in [0.717, 1.165) is 5.69 Å². The fourth-order valence-corrected chi connectivity index (χ4v) is 3.14. The summed E-state index contributed by atoms with van der Waals surface area (Å²) in [5.74, 6) is 0.134. The van der Waals surface area contributed by atoms with Gasteiger partial charge < -0.3 is 4.90 Å². The molecular formula is C17H22N2OS. The second-order valence-electron chi connectivity index (χ2n) is 5.08. The van der Waals surface area contributed by atoms with E-state index in [1.165, 1.54) is 4.88 Å². The van der Waals surface area contributed by atoms with Crippen LogP contribution in [0, 0.1) is 0 Å². The van der Waals surface area contributed by atoms with Gasteiger partial charge in [0.15, 0.2) is 0 Å². The van der Waals surface area contributed by atoms with Crippen LogP contribution in [0.3, 0.4) is 0 Å². The Kier molecular flexibility index (Phi) is 5.53. The third kappa shape index (κ3) is 3.93. The van der Waals surface area contributed by atoms with Crippen LogP contribution in [0.15, 0.2) is 47.8 Å². The topological polar surface area (TPSA) is 23.6 Å². The highest BCUT2D eigenvalue weighted by Gasteiger charge is 2.19. The van der Waals surface area contributed by atoms with Gasteiger partial charge in [-0.1, -0.05) is 24.3 Å². The van der Waals surface area contributed by atoms with E-state index in [4.69, 9.17) is 0 Å². The number of anilines is 1. The number of hydrogen-bond acceptors (Lipinski definition) is 3. The average Bonchev–Trinajstić information content (AvgIpc) is 3.02. The Morgan fingerprint density at radius 2 is 1.90 bits per heavy atom.